The second-order valence-electron chi connectivity index (χ2n) is 12.9. The van der Waals surface area contributed by atoms with Crippen LogP contribution in [0.1, 0.15) is 16.7 Å². The van der Waals surface area contributed by atoms with Crippen LogP contribution in [0.5, 0.6) is 0 Å². The first-order valence-corrected chi connectivity index (χ1v) is 18.9. The lowest BCUT2D eigenvalue weighted by Crippen LogP contribution is -2.10. The standard InChI is InChI=1S/C48H31NS2/c1-4-15-32(16-5-1)29-39(33-17-6-2-7-18-33)34-27-28-44-40(30-34)48-41(24-14-26-45(48)50-44)49(35-19-8-3-9-20-35)42-31-46-47(37-22-11-10-21-36(37)42)38-23-12-13-25-43(38)51-46/h1-31H/b39-29+. The molecule has 3 heteroatoms. The second kappa shape index (κ2) is 12.4. The molecule has 10 aromatic rings. The summed E-state index contributed by atoms with van der Waals surface area (Å²) in [7, 11) is 0. The van der Waals surface area contributed by atoms with Crippen LogP contribution in [-0.2, 0) is 0 Å². The highest BCUT2D eigenvalue weighted by Crippen LogP contribution is 2.49. The summed E-state index contributed by atoms with van der Waals surface area (Å²) in [5.41, 5.74) is 8.31. The van der Waals surface area contributed by atoms with E-state index in [1.807, 2.05) is 22.7 Å². The maximum absolute atomic E-state index is 2.49. The van der Waals surface area contributed by atoms with Crippen LogP contribution >= 0.6 is 22.7 Å². The van der Waals surface area contributed by atoms with Crippen LogP contribution in [0.3, 0.4) is 0 Å². The molecular formula is C48H31NS2. The molecular weight excluding hydrogens is 655 g/mol. The second-order valence-corrected chi connectivity index (χ2v) is 15.0. The monoisotopic (exact) mass is 685 g/mol. The summed E-state index contributed by atoms with van der Waals surface area (Å²) >= 11 is 3.75. The molecule has 0 saturated carbocycles. The molecule has 0 amide bonds. The van der Waals surface area contributed by atoms with E-state index in [2.05, 4.69) is 193 Å². The van der Waals surface area contributed by atoms with Crippen molar-refractivity contribution in [2.75, 3.05) is 4.90 Å². The summed E-state index contributed by atoms with van der Waals surface area (Å²) in [6.45, 7) is 0. The minimum atomic E-state index is 1.14. The molecule has 0 aliphatic carbocycles. The van der Waals surface area contributed by atoms with Crippen molar-refractivity contribution in [2.45, 2.75) is 0 Å². The van der Waals surface area contributed by atoms with E-state index >= 15 is 0 Å². The van der Waals surface area contributed by atoms with E-state index in [4.69, 9.17) is 0 Å². The van der Waals surface area contributed by atoms with Crippen LogP contribution in [0, 0.1) is 0 Å². The molecule has 10 rings (SSSR count). The number of nitrogens with zero attached hydrogens (tertiary/aromatic N) is 1. The number of benzene rings is 8. The van der Waals surface area contributed by atoms with Gasteiger partial charge in [-0.3, -0.25) is 0 Å². The van der Waals surface area contributed by atoms with Crippen molar-refractivity contribution in [3.63, 3.8) is 0 Å². The fourth-order valence-corrected chi connectivity index (χ4v) is 9.83. The van der Waals surface area contributed by atoms with Crippen LogP contribution in [0.2, 0.25) is 0 Å². The highest BCUT2D eigenvalue weighted by atomic mass is 32.1. The Kier molecular flexibility index (Phi) is 7.26. The molecule has 0 N–H and O–H groups in total. The van der Waals surface area contributed by atoms with Gasteiger partial charge in [0.25, 0.3) is 0 Å². The van der Waals surface area contributed by atoms with Gasteiger partial charge in [-0.25, -0.2) is 0 Å². The Hall–Kier alpha value is -6.00. The topological polar surface area (TPSA) is 3.24 Å². The van der Waals surface area contributed by atoms with Gasteiger partial charge in [0.15, 0.2) is 0 Å². The van der Waals surface area contributed by atoms with Crippen molar-refractivity contribution in [3.05, 3.63) is 199 Å². The van der Waals surface area contributed by atoms with Crippen LogP contribution in [0.25, 0.3) is 62.8 Å². The first-order valence-electron chi connectivity index (χ1n) is 17.3. The van der Waals surface area contributed by atoms with E-state index in [0.717, 1.165) is 5.69 Å². The minimum Gasteiger partial charge on any atom is -0.309 e. The predicted octanol–water partition coefficient (Wildman–Crippen LogP) is 14.6. The number of hydrogen-bond acceptors (Lipinski definition) is 3. The Morgan fingerprint density at radius 1 is 0.392 bits per heavy atom. The Balaban J connectivity index is 1.25. The molecule has 0 aliphatic heterocycles. The van der Waals surface area contributed by atoms with Crippen LogP contribution in [0.15, 0.2) is 182 Å². The third-order valence-electron chi connectivity index (χ3n) is 9.84. The summed E-state index contributed by atoms with van der Waals surface area (Å²) in [6, 6.07) is 66.2. The van der Waals surface area contributed by atoms with Gasteiger partial charge in [-0.1, -0.05) is 133 Å². The van der Waals surface area contributed by atoms with Crippen molar-refractivity contribution in [3.8, 4) is 0 Å². The van der Waals surface area contributed by atoms with Gasteiger partial charge in [0, 0.05) is 51.4 Å². The third-order valence-corrected chi connectivity index (χ3v) is 12.1. The van der Waals surface area contributed by atoms with Crippen LogP contribution in [0.4, 0.5) is 17.1 Å². The van der Waals surface area contributed by atoms with E-state index in [1.54, 1.807) is 0 Å². The molecule has 2 aromatic heterocycles. The van der Waals surface area contributed by atoms with Gasteiger partial charge in [-0.15, -0.1) is 22.7 Å². The van der Waals surface area contributed by atoms with Gasteiger partial charge < -0.3 is 4.90 Å². The first-order chi connectivity index (χ1) is 25.3. The molecule has 0 bridgehead atoms. The highest BCUT2D eigenvalue weighted by Gasteiger charge is 2.22. The zero-order chi connectivity index (χ0) is 33.7. The average Bonchev–Trinajstić information content (AvgIpc) is 3.77. The van der Waals surface area contributed by atoms with Crippen molar-refractivity contribution in [1.82, 2.24) is 0 Å². The van der Waals surface area contributed by atoms with E-state index < -0.39 is 0 Å². The number of para-hydroxylation sites is 1. The molecule has 0 spiro atoms. The molecule has 51 heavy (non-hydrogen) atoms. The number of fused-ring (bicyclic) bond motifs is 8. The van der Waals surface area contributed by atoms with Gasteiger partial charge in [-0.2, -0.15) is 0 Å². The fourth-order valence-electron chi connectivity index (χ4n) is 7.57. The number of thiophene rings is 2. The van der Waals surface area contributed by atoms with E-state index in [9.17, 15) is 0 Å². The Morgan fingerprint density at radius 2 is 1.02 bits per heavy atom. The molecule has 240 valence electrons. The van der Waals surface area contributed by atoms with E-state index in [0.29, 0.717) is 0 Å². The third kappa shape index (κ3) is 5.13. The molecule has 1 nitrogen and oxygen atoms in total. The van der Waals surface area contributed by atoms with Crippen LogP contribution in [-0.4, -0.2) is 0 Å². The lowest BCUT2D eigenvalue weighted by atomic mass is 9.94. The molecule has 0 radical (unpaired) electrons. The van der Waals surface area contributed by atoms with Crippen molar-refractivity contribution in [2.24, 2.45) is 0 Å². The Labute approximate surface area is 304 Å². The van der Waals surface area contributed by atoms with Gasteiger partial charge in [-0.05, 0) is 82.3 Å². The van der Waals surface area contributed by atoms with E-state index in [-0.39, 0.29) is 0 Å². The largest absolute Gasteiger partial charge is 0.309 e. The highest BCUT2D eigenvalue weighted by molar-refractivity contribution is 7.26. The normalized spacial score (nSPS) is 12.0. The molecule has 0 saturated heterocycles. The van der Waals surface area contributed by atoms with Crippen molar-refractivity contribution < 1.29 is 0 Å². The summed E-state index contributed by atoms with van der Waals surface area (Å²) in [6.07, 6.45) is 2.31. The molecule has 2 heterocycles. The Bertz CT molecular complexity index is 2900. The van der Waals surface area contributed by atoms with Crippen molar-refractivity contribution in [1.29, 1.82) is 0 Å². The Morgan fingerprint density at radius 3 is 1.82 bits per heavy atom. The first kappa shape index (κ1) is 29.9. The van der Waals surface area contributed by atoms with Crippen LogP contribution < -0.4 is 4.90 Å². The fraction of sp³-hybridized carbons (Fsp3) is 0. The number of anilines is 3. The zero-order valence-electron chi connectivity index (χ0n) is 27.7. The zero-order valence-corrected chi connectivity index (χ0v) is 29.3. The quantitative estimate of drug-likeness (QED) is 0.158. The maximum Gasteiger partial charge on any atom is 0.0555 e. The van der Waals surface area contributed by atoms with Gasteiger partial charge in [0.2, 0.25) is 0 Å². The predicted molar refractivity (Wildman–Crippen MR) is 224 cm³/mol. The molecule has 0 fully saturated rings. The molecule has 0 unspecified atom stereocenters. The smallest absolute Gasteiger partial charge is 0.0555 e. The summed E-state index contributed by atoms with van der Waals surface area (Å²) < 4.78 is 5.18. The summed E-state index contributed by atoms with van der Waals surface area (Å²) in [5.74, 6) is 0. The van der Waals surface area contributed by atoms with Gasteiger partial charge >= 0.3 is 0 Å². The minimum absolute atomic E-state index is 1.14. The van der Waals surface area contributed by atoms with Crippen molar-refractivity contribution >= 4 is 103 Å². The van der Waals surface area contributed by atoms with E-state index in [1.165, 1.54) is 84.8 Å². The lowest BCUT2D eigenvalue weighted by molar-refractivity contribution is 1.32. The lowest BCUT2D eigenvalue weighted by Gasteiger charge is -2.28. The molecule has 8 aromatic carbocycles. The molecule has 0 aliphatic rings. The average molecular weight is 686 g/mol. The van der Waals surface area contributed by atoms with Gasteiger partial charge in [0.05, 0.1) is 11.4 Å². The van der Waals surface area contributed by atoms with Gasteiger partial charge in [0.1, 0.15) is 0 Å². The number of hydrogen-bond donors (Lipinski definition) is 0. The SMILES string of the molecule is C(=C(/c1ccccc1)c1ccc2sc3cccc(N(c4ccccc4)c4cc5sc6ccccc6c5c5ccccc45)c3c2c1)/c1ccccc1. The molecule has 0 atom stereocenters. The summed E-state index contributed by atoms with van der Waals surface area (Å²) in [5, 5.41) is 7.73. The maximum atomic E-state index is 2.49. The number of rotatable bonds is 6. The summed E-state index contributed by atoms with van der Waals surface area (Å²) in [4.78, 5) is 2.49.